The number of hydrogen-bond donors (Lipinski definition) is 1. The first-order chi connectivity index (χ1) is 8.16. The van der Waals surface area contributed by atoms with Gasteiger partial charge in [0.05, 0.1) is 36.5 Å². The molecule has 17 heavy (non-hydrogen) atoms. The molecule has 0 aromatic carbocycles. The van der Waals surface area contributed by atoms with Gasteiger partial charge in [0.25, 0.3) is 0 Å². The van der Waals surface area contributed by atoms with E-state index in [9.17, 15) is 8.76 Å². The number of nitrogens with one attached hydrogen (secondary N) is 1. The van der Waals surface area contributed by atoms with Crippen molar-refractivity contribution in [1.29, 1.82) is 0 Å². The summed E-state index contributed by atoms with van der Waals surface area (Å²) in [4.78, 5) is 0. The average Bonchev–Trinajstić information content (AvgIpc) is 2.90. The van der Waals surface area contributed by atoms with E-state index in [1.165, 1.54) is 17.1 Å². The molecule has 1 N–H and O–H groups in total. The van der Waals surface area contributed by atoms with Crippen molar-refractivity contribution in [1.82, 2.24) is 15.2 Å². The SMILES string of the molecule is Cn1cc(N(NCc2ccco2)S(=O)[O-])cn1. The molecule has 0 bridgehead atoms. The molecule has 0 spiro atoms. The molecule has 0 saturated heterocycles. The molecule has 0 fully saturated rings. The second kappa shape index (κ2) is 5.13. The van der Waals surface area contributed by atoms with E-state index in [4.69, 9.17) is 4.42 Å². The minimum absolute atomic E-state index is 0.274. The quantitative estimate of drug-likeness (QED) is 0.614. The molecule has 0 radical (unpaired) electrons. The molecular weight excluding hydrogens is 244 g/mol. The van der Waals surface area contributed by atoms with E-state index >= 15 is 0 Å². The van der Waals surface area contributed by atoms with Crippen LogP contribution in [0.15, 0.2) is 35.2 Å². The third-order valence-electron chi connectivity index (χ3n) is 2.05. The van der Waals surface area contributed by atoms with Crippen molar-refractivity contribution in [3.8, 4) is 0 Å². The lowest BCUT2D eigenvalue weighted by atomic mass is 10.5. The first-order valence-electron chi connectivity index (χ1n) is 4.81. The van der Waals surface area contributed by atoms with Gasteiger partial charge in [-0.25, -0.2) is 9.84 Å². The number of hydrogen-bond acceptors (Lipinski definition) is 5. The Balaban J connectivity index is 2.05. The monoisotopic (exact) mass is 255 g/mol. The van der Waals surface area contributed by atoms with E-state index in [0.29, 0.717) is 11.4 Å². The van der Waals surface area contributed by atoms with Gasteiger partial charge < -0.3 is 8.97 Å². The molecule has 8 heteroatoms. The molecule has 0 aliphatic carbocycles. The van der Waals surface area contributed by atoms with Gasteiger partial charge in [0.1, 0.15) is 11.4 Å². The van der Waals surface area contributed by atoms with Gasteiger partial charge in [0.2, 0.25) is 0 Å². The molecule has 1 atom stereocenters. The number of nitrogens with zero attached hydrogens (tertiary/aromatic N) is 3. The van der Waals surface area contributed by atoms with Crippen molar-refractivity contribution in [2.75, 3.05) is 4.41 Å². The zero-order valence-electron chi connectivity index (χ0n) is 9.07. The maximum atomic E-state index is 11.1. The molecule has 2 aromatic heterocycles. The van der Waals surface area contributed by atoms with Crippen LogP contribution in [0.25, 0.3) is 0 Å². The van der Waals surface area contributed by atoms with Gasteiger partial charge in [-0.15, -0.1) is 0 Å². The Morgan fingerprint density at radius 2 is 2.53 bits per heavy atom. The number of anilines is 1. The minimum Gasteiger partial charge on any atom is -0.754 e. The van der Waals surface area contributed by atoms with Crippen LogP contribution >= 0.6 is 0 Å². The highest BCUT2D eigenvalue weighted by molar-refractivity contribution is 7.80. The van der Waals surface area contributed by atoms with Gasteiger partial charge in [-0.1, -0.05) is 0 Å². The second-order valence-electron chi connectivity index (χ2n) is 3.30. The van der Waals surface area contributed by atoms with Crippen molar-refractivity contribution >= 4 is 17.0 Å². The van der Waals surface area contributed by atoms with Crippen LogP contribution in [-0.2, 0) is 24.9 Å². The first-order valence-corrected chi connectivity index (χ1v) is 5.84. The van der Waals surface area contributed by atoms with E-state index in [1.54, 1.807) is 25.4 Å². The number of hydrazine groups is 1. The predicted molar refractivity (Wildman–Crippen MR) is 60.2 cm³/mol. The molecule has 1 unspecified atom stereocenters. The fourth-order valence-corrected chi connectivity index (χ4v) is 1.74. The van der Waals surface area contributed by atoms with Gasteiger partial charge in [-0.2, -0.15) is 5.10 Å². The first kappa shape index (κ1) is 11.8. The summed E-state index contributed by atoms with van der Waals surface area (Å²) < 4.78 is 29.7. The summed E-state index contributed by atoms with van der Waals surface area (Å²) in [6.07, 6.45) is 4.56. The summed E-state index contributed by atoms with van der Waals surface area (Å²) in [5.41, 5.74) is 3.16. The summed E-state index contributed by atoms with van der Waals surface area (Å²) in [7, 11) is 1.71. The minimum atomic E-state index is -2.43. The Kier molecular flexibility index (Phi) is 3.57. The third kappa shape index (κ3) is 2.93. The molecule has 92 valence electrons. The lowest BCUT2D eigenvalue weighted by Crippen LogP contribution is -2.38. The van der Waals surface area contributed by atoms with Crippen molar-refractivity contribution < 1.29 is 13.2 Å². The molecule has 0 amide bonds. The second-order valence-corrected chi connectivity index (χ2v) is 4.10. The molecule has 0 aliphatic heterocycles. The average molecular weight is 255 g/mol. The Hall–Kier alpha value is -1.64. The molecule has 2 rings (SSSR count). The van der Waals surface area contributed by atoms with Crippen LogP contribution in [0, 0.1) is 0 Å². The summed E-state index contributed by atoms with van der Waals surface area (Å²) in [5.74, 6) is 0.643. The van der Waals surface area contributed by atoms with Crippen LogP contribution in [0.3, 0.4) is 0 Å². The van der Waals surface area contributed by atoms with Gasteiger partial charge in [-0.3, -0.25) is 8.89 Å². The van der Waals surface area contributed by atoms with Crippen LogP contribution in [0.4, 0.5) is 5.69 Å². The zero-order chi connectivity index (χ0) is 12.3. The van der Waals surface area contributed by atoms with Crippen LogP contribution in [0.2, 0.25) is 0 Å². The van der Waals surface area contributed by atoms with Crippen molar-refractivity contribution in [2.24, 2.45) is 7.05 Å². The third-order valence-corrected chi connectivity index (χ3v) is 2.69. The van der Waals surface area contributed by atoms with Gasteiger partial charge in [0, 0.05) is 7.05 Å². The normalized spacial score (nSPS) is 12.6. The van der Waals surface area contributed by atoms with Gasteiger partial charge in [-0.05, 0) is 12.1 Å². The van der Waals surface area contributed by atoms with E-state index in [1.807, 2.05) is 0 Å². The number of aryl methyl sites for hydroxylation is 1. The summed E-state index contributed by atoms with van der Waals surface area (Å²) >= 11 is -2.43. The van der Waals surface area contributed by atoms with Crippen LogP contribution in [0.5, 0.6) is 0 Å². The Morgan fingerprint density at radius 3 is 3.06 bits per heavy atom. The maximum absolute atomic E-state index is 11.1. The lowest BCUT2D eigenvalue weighted by molar-refractivity contribution is 0.478. The van der Waals surface area contributed by atoms with Crippen LogP contribution in [-0.4, -0.2) is 18.5 Å². The topological polar surface area (TPSA) is 86.4 Å². The number of rotatable bonds is 5. The Morgan fingerprint density at radius 1 is 1.71 bits per heavy atom. The smallest absolute Gasteiger partial charge is 0.119 e. The van der Waals surface area contributed by atoms with Gasteiger partial charge >= 0.3 is 0 Å². The fourth-order valence-electron chi connectivity index (χ4n) is 1.31. The van der Waals surface area contributed by atoms with Crippen LogP contribution in [0.1, 0.15) is 5.76 Å². The Bertz CT molecular complexity index is 496. The van der Waals surface area contributed by atoms with E-state index in [-0.39, 0.29) is 6.54 Å². The highest BCUT2D eigenvalue weighted by Gasteiger charge is 2.09. The van der Waals surface area contributed by atoms with Crippen molar-refractivity contribution in [2.45, 2.75) is 6.54 Å². The van der Waals surface area contributed by atoms with E-state index < -0.39 is 11.3 Å². The molecule has 0 saturated carbocycles. The molecule has 7 nitrogen and oxygen atoms in total. The largest absolute Gasteiger partial charge is 0.754 e. The Labute approximate surface area is 100 Å². The summed E-state index contributed by atoms with van der Waals surface area (Å²) in [6, 6.07) is 3.49. The standard InChI is InChI=1S/C9H12N4O3S/c1-12-7-8(5-10-12)13(17(14)15)11-6-9-3-2-4-16-9/h2-5,7,11H,6H2,1H3,(H,14,15)/p-1. The highest BCUT2D eigenvalue weighted by Crippen LogP contribution is 2.11. The fraction of sp³-hybridized carbons (Fsp3) is 0.222. The molecule has 2 aromatic rings. The van der Waals surface area contributed by atoms with E-state index in [0.717, 1.165) is 4.41 Å². The zero-order valence-corrected chi connectivity index (χ0v) is 9.88. The predicted octanol–water partition coefficient (Wildman–Crippen LogP) is 0.318. The molecule has 2 heterocycles. The highest BCUT2D eigenvalue weighted by atomic mass is 32.2. The van der Waals surface area contributed by atoms with Crippen LogP contribution < -0.4 is 9.84 Å². The van der Waals surface area contributed by atoms with E-state index in [2.05, 4.69) is 10.5 Å². The van der Waals surface area contributed by atoms with Gasteiger partial charge in [0.15, 0.2) is 0 Å². The number of aromatic nitrogens is 2. The summed E-state index contributed by atoms with van der Waals surface area (Å²) in [5, 5.41) is 3.90. The molecular formula is C9H11N4O3S-. The maximum Gasteiger partial charge on any atom is 0.119 e. The molecule has 0 aliphatic rings. The number of furan rings is 1. The van der Waals surface area contributed by atoms with Crippen molar-refractivity contribution in [3.63, 3.8) is 0 Å². The summed E-state index contributed by atoms with van der Waals surface area (Å²) in [6.45, 7) is 0.274. The van der Waals surface area contributed by atoms with Crippen molar-refractivity contribution in [3.05, 3.63) is 36.5 Å². The lowest BCUT2D eigenvalue weighted by Gasteiger charge is -2.24.